The maximum absolute atomic E-state index is 3.44. The first-order valence-electron chi connectivity index (χ1n) is 5.81. The van der Waals surface area contributed by atoms with Gasteiger partial charge in [0, 0.05) is 25.3 Å². The lowest BCUT2D eigenvalue weighted by Gasteiger charge is -2.26. The van der Waals surface area contributed by atoms with E-state index in [4.69, 9.17) is 0 Å². The molecule has 2 nitrogen and oxygen atoms in total. The Morgan fingerprint density at radius 1 is 1.07 bits per heavy atom. The van der Waals surface area contributed by atoms with E-state index in [-0.39, 0.29) is 0 Å². The Bertz CT molecular complexity index is 305. The minimum absolute atomic E-state index is 1.10. The van der Waals surface area contributed by atoms with Crippen LogP contribution in [0.3, 0.4) is 0 Å². The van der Waals surface area contributed by atoms with Crippen LogP contribution in [0, 0.1) is 13.8 Å². The first-order valence-corrected chi connectivity index (χ1v) is 5.81. The van der Waals surface area contributed by atoms with Crippen molar-refractivity contribution in [2.24, 2.45) is 0 Å². The monoisotopic (exact) mass is 204 g/mol. The van der Waals surface area contributed by atoms with Crippen LogP contribution >= 0.6 is 0 Å². The summed E-state index contributed by atoms with van der Waals surface area (Å²) in [5.74, 6) is 0. The van der Waals surface area contributed by atoms with Crippen molar-refractivity contribution in [3.8, 4) is 0 Å². The molecule has 0 aromatic heterocycles. The molecule has 0 spiro atoms. The minimum atomic E-state index is 1.10. The molecular formula is C13H20N2. The van der Waals surface area contributed by atoms with Gasteiger partial charge in [-0.3, -0.25) is 0 Å². The van der Waals surface area contributed by atoms with E-state index in [1.54, 1.807) is 0 Å². The molecule has 0 atom stereocenters. The van der Waals surface area contributed by atoms with Crippen molar-refractivity contribution in [1.82, 2.24) is 5.32 Å². The number of anilines is 1. The average molecular weight is 204 g/mol. The van der Waals surface area contributed by atoms with Gasteiger partial charge in [0.25, 0.3) is 0 Å². The average Bonchev–Trinajstić information content (AvgIpc) is 2.46. The van der Waals surface area contributed by atoms with Gasteiger partial charge in [0.1, 0.15) is 0 Å². The Morgan fingerprint density at radius 3 is 2.53 bits per heavy atom. The Kier molecular flexibility index (Phi) is 3.27. The predicted molar refractivity (Wildman–Crippen MR) is 65.6 cm³/mol. The van der Waals surface area contributed by atoms with Gasteiger partial charge >= 0.3 is 0 Å². The number of rotatable bonds is 1. The maximum Gasteiger partial charge on any atom is 0.0426 e. The molecular weight excluding hydrogens is 184 g/mol. The Hall–Kier alpha value is -1.02. The molecule has 1 aliphatic heterocycles. The smallest absolute Gasteiger partial charge is 0.0426 e. The quantitative estimate of drug-likeness (QED) is 0.753. The first-order chi connectivity index (χ1) is 7.29. The number of para-hydroxylation sites is 1. The van der Waals surface area contributed by atoms with Crippen LogP contribution in [0.15, 0.2) is 18.2 Å². The molecule has 0 aliphatic carbocycles. The van der Waals surface area contributed by atoms with E-state index >= 15 is 0 Å². The summed E-state index contributed by atoms with van der Waals surface area (Å²) in [6, 6.07) is 6.56. The SMILES string of the molecule is Cc1cccc(C)c1N1CCCNCC1. The molecule has 1 saturated heterocycles. The van der Waals surface area contributed by atoms with Crippen molar-refractivity contribution in [2.45, 2.75) is 20.3 Å². The molecule has 15 heavy (non-hydrogen) atoms. The van der Waals surface area contributed by atoms with E-state index in [9.17, 15) is 0 Å². The lowest BCUT2D eigenvalue weighted by molar-refractivity contribution is 0.724. The summed E-state index contributed by atoms with van der Waals surface area (Å²) in [4.78, 5) is 2.52. The summed E-state index contributed by atoms with van der Waals surface area (Å²) < 4.78 is 0. The molecule has 0 radical (unpaired) electrons. The van der Waals surface area contributed by atoms with E-state index in [0.29, 0.717) is 0 Å². The molecule has 1 aliphatic rings. The number of nitrogens with zero attached hydrogens (tertiary/aromatic N) is 1. The van der Waals surface area contributed by atoms with Crippen molar-refractivity contribution < 1.29 is 0 Å². The van der Waals surface area contributed by atoms with E-state index < -0.39 is 0 Å². The zero-order valence-corrected chi connectivity index (χ0v) is 9.71. The summed E-state index contributed by atoms with van der Waals surface area (Å²) in [6.45, 7) is 8.99. The van der Waals surface area contributed by atoms with Crippen LogP contribution in [0.1, 0.15) is 17.5 Å². The van der Waals surface area contributed by atoms with Crippen LogP contribution in [0.25, 0.3) is 0 Å². The zero-order valence-electron chi connectivity index (χ0n) is 9.71. The number of benzene rings is 1. The summed E-state index contributed by atoms with van der Waals surface area (Å²) in [7, 11) is 0. The van der Waals surface area contributed by atoms with Crippen LogP contribution in [-0.4, -0.2) is 26.2 Å². The van der Waals surface area contributed by atoms with Crippen molar-refractivity contribution in [3.63, 3.8) is 0 Å². The number of nitrogens with one attached hydrogen (secondary N) is 1. The van der Waals surface area contributed by atoms with Crippen molar-refractivity contribution in [1.29, 1.82) is 0 Å². The standard InChI is InChI=1S/C13H20N2/c1-11-5-3-6-12(2)13(11)15-9-4-7-14-8-10-15/h3,5-6,14H,4,7-10H2,1-2H3. The Balaban J connectivity index is 2.26. The van der Waals surface area contributed by atoms with Crippen LogP contribution in [0.5, 0.6) is 0 Å². The Morgan fingerprint density at radius 2 is 1.80 bits per heavy atom. The van der Waals surface area contributed by atoms with Crippen molar-refractivity contribution in [2.75, 3.05) is 31.1 Å². The van der Waals surface area contributed by atoms with E-state index in [1.807, 2.05) is 0 Å². The van der Waals surface area contributed by atoms with Gasteiger partial charge in [0.15, 0.2) is 0 Å². The van der Waals surface area contributed by atoms with Crippen LogP contribution in [0.2, 0.25) is 0 Å². The van der Waals surface area contributed by atoms with Gasteiger partial charge in [0.05, 0.1) is 0 Å². The molecule has 82 valence electrons. The zero-order chi connectivity index (χ0) is 10.7. The second kappa shape index (κ2) is 4.67. The Labute approximate surface area is 92.3 Å². The third kappa shape index (κ3) is 2.32. The fraction of sp³-hybridized carbons (Fsp3) is 0.538. The highest BCUT2D eigenvalue weighted by molar-refractivity contribution is 5.58. The van der Waals surface area contributed by atoms with Gasteiger partial charge < -0.3 is 10.2 Å². The van der Waals surface area contributed by atoms with Crippen molar-refractivity contribution in [3.05, 3.63) is 29.3 Å². The predicted octanol–water partition coefficient (Wildman–Crippen LogP) is 2.10. The third-order valence-corrected chi connectivity index (χ3v) is 3.10. The van der Waals surface area contributed by atoms with Crippen LogP contribution < -0.4 is 10.2 Å². The maximum atomic E-state index is 3.44. The van der Waals surface area contributed by atoms with Crippen LogP contribution in [-0.2, 0) is 0 Å². The molecule has 0 amide bonds. The van der Waals surface area contributed by atoms with E-state index in [2.05, 4.69) is 42.3 Å². The largest absolute Gasteiger partial charge is 0.370 e. The van der Waals surface area contributed by atoms with Gasteiger partial charge in [-0.2, -0.15) is 0 Å². The summed E-state index contributed by atoms with van der Waals surface area (Å²) >= 11 is 0. The van der Waals surface area contributed by atoms with Crippen molar-refractivity contribution >= 4 is 5.69 Å². The topological polar surface area (TPSA) is 15.3 Å². The minimum Gasteiger partial charge on any atom is -0.370 e. The lowest BCUT2D eigenvalue weighted by Crippen LogP contribution is -2.29. The number of hydrogen-bond donors (Lipinski definition) is 1. The molecule has 0 bridgehead atoms. The molecule has 1 aromatic carbocycles. The third-order valence-electron chi connectivity index (χ3n) is 3.10. The highest BCUT2D eigenvalue weighted by atomic mass is 15.2. The van der Waals surface area contributed by atoms with Gasteiger partial charge in [0.2, 0.25) is 0 Å². The second-order valence-electron chi connectivity index (χ2n) is 4.33. The molecule has 1 fully saturated rings. The molecule has 2 rings (SSSR count). The molecule has 1 N–H and O–H groups in total. The number of aryl methyl sites for hydroxylation is 2. The summed E-state index contributed by atoms with van der Waals surface area (Å²) in [5, 5.41) is 3.44. The molecule has 1 heterocycles. The summed E-state index contributed by atoms with van der Waals surface area (Å²) in [6.07, 6.45) is 1.24. The lowest BCUT2D eigenvalue weighted by atomic mass is 10.1. The van der Waals surface area contributed by atoms with Gasteiger partial charge in [-0.05, 0) is 37.9 Å². The molecule has 0 saturated carbocycles. The fourth-order valence-electron chi connectivity index (χ4n) is 2.37. The highest BCUT2D eigenvalue weighted by Gasteiger charge is 2.13. The number of hydrogen-bond acceptors (Lipinski definition) is 2. The first kappa shape index (κ1) is 10.5. The van der Waals surface area contributed by atoms with E-state index in [0.717, 1.165) is 19.6 Å². The summed E-state index contributed by atoms with van der Waals surface area (Å²) in [5.41, 5.74) is 4.25. The molecule has 2 heteroatoms. The van der Waals surface area contributed by atoms with Gasteiger partial charge in [-0.25, -0.2) is 0 Å². The second-order valence-corrected chi connectivity index (χ2v) is 4.33. The fourth-order valence-corrected chi connectivity index (χ4v) is 2.37. The molecule has 1 aromatic rings. The van der Waals surface area contributed by atoms with Gasteiger partial charge in [-0.15, -0.1) is 0 Å². The highest BCUT2D eigenvalue weighted by Crippen LogP contribution is 2.24. The van der Waals surface area contributed by atoms with Crippen LogP contribution in [0.4, 0.5) is 5.69 Å². The normalized spacial score (nSPS) is 17.6. The van der Waals surface area contributed by atoms with Gasteiger partial charge in [-0.1, -0.05) is 18.2 Å². The van der Waals surface area contributed by atoms with E-state index in [1.165, 1.54) is 29.8 Å². The molecule has 0 unspecified atom stereocenters.